The van der Waals surface area contributed by atoms with E-state index in [1.807, 2.05) is 54.6 Å². The molecule has 0 saturated heterocycles. The summed E-state index contributed by atoms with van der Waals surface area (Å²) in [6.45, 7) is 29.5. The molecule has 12 aromatic rings. The van der Waals surface area contributed by atoms with Crippen LogP contribution in [0.15, 0.2) is 182 Å². The summed E-state index contributed by atoms with van der Waals surface area (Å²) >= 11 is 0. The molecule has 9 heteroatoms. The highest BCUT2D eigenvalue weighted by atomic mass is 16.5. The monoisotopic (exact) mass is 1310 g/mol. The lowest BCUT2D eigenvalue weighted by Crippen LogP contribution is -2.22. The van der Waals surface area contributed by atoms with Crippen molar-refractivity contribution in [2.24, 2.45) is 0 Å². The number of carbonyl (C=O) groups excluding carboxylic acids is 5. The van der Waals surface area contributed by atoms with E-state index in [1.165, 1.54) is 0 Å². The molecule has 0 spiro atoms. The minimum absolute atomic E-state index is 0.0289. The van der Waals surface area contributed by atoms with Crippen molar-refractivity contribution in [3.63, 3.8) is 0 Å². The van der Waals surface area contributed by atoms with Gasteiger partial charge in [-0.05, 0) is 218 Å². The molecule has 0 fully saturated rings. The summed E-state index contributed by atoms with van der Waals surface area (Å²) in [6, 6.07) is 60.0. The molecule has 0 radical (unpaired) electrons. The Bertz CT molecular complexity index is 5060. The summed E-state index contributed by atoms with van der Waals surface area (Å²) in [5.41, 5.74) is 10.2. The van der Waals surface area contributed by atoms with Crippen molar-refractivity contribution < 1.29 is 42.9 Å². The number of rotatable bonds is 11. The summed E-state index contributed by atoms with van der Waals surface area (Å²) in [4.78, 5) is 77.7. The number of hydrogen-bond donors (Lipinski definition) is 0. The molecule has 1 aliphatic rings. The number of carbonyl (C=O) groups is 5. The van der Waals surface area contributed by atoms with Crippen LogP contribution < -0.4 is 4.74 Å². The Kier molecular flexibility index (Phi) is 17.6. The van der Waals surface area contributed by atoms with E-state index in [-0.39, 0.29) is 57.0 Å². The third kappa shape index (κ3) is 13.1. The van der Waals surface area contributed by atoms with Gasteiger partial charge in [0.25, 0.3) is 0 Å². The van der Waals surface area contributed by atoms with Crippen molar-refractivity contribution in [1.82, 2.24) is 0 Å². The second-order valence-corrected chi connectivity index (χ2v) is 30.9. The van der Waals surface area contributed by atoms with Gasteiger partial charge in [-0.1, -0.05) is 235 Å². The van der Waals surface area contributed by atoms with Crippen LogP contribution in [0.2, 0.25) is 0 Å². The molecule has 0 N–H and O–H groups in total. The van der Waals surface area contributed by atoms with Crippen LogP contribution in [0.5, 0.6) is 5.75 Å². The fraction of sp³-hybridized carbons (Fsp3) is 0.278. The van der Waals surface area contributed by atoms with Crippen LogP contribution in [0.25, 0.3) is 53.9 Å². The van der Waals surface area contributed by atoms with Crippen LogP contribution in [0.3, 0.4) is 0 Å². The first kappa shape index (κ1) is 67.3. The molecule has 99 heavy (non-hydrogen) atoms. The van der Waals surface area contributed by atoms with E-state index < -0.39 is 45.5 Å². The van der Waals surface area contributed by atoms with Gasteiger partial charge in [-0.3, -0.25) is 4.79 Å². The Labute approximate surface area is 580 Å². The number of benzene rings is 12. The van der Waals surface area contributed by atoms with Gasteiger partial charge in [-0.2, -0.15) is 0 Å². The SMILES string of the molecule is CCOC(=O)c1c2cc(C(C)(C)C)cc1Cc1cc(C(C)(C)C)cc(c1C(=O)c1ccc(OC(=O)c3c4ccccc4cc4ccccc34)cc1)Cc1cc(C(C)(C)C)cc(c1C(=O)OCC)Cc1cc(C(C)(C)C)cc(c1C(=O)OCc1ccc3ccc4cccc5ccc1c3c45)C2. The average Bonchev–Trinajstić information content (AvgIpc) is 0.717. The van der Waals surface area contributed by atoms with E-state index in [9.17, 15) is 4.79 Å². The minimum Gasteiger partial charge on any atom is -0.462 e. The van der Waals surface area contributed by atoms with Crippen molar-refractivity contribution in [3.8, 4) is 5.75 Å². The van der Waals surface area contributed by atoms with Crippen LogP contribution in [-0.4, -0.2) is 42.9 Å². The molecule has 0 atom stereocenters. The molecule has 13 rings (SSSR count). The summed E-state index contributed by atoms with van der Waals surface area (Å²) in [7, 11) is 0. The van der Waals surface area contributed by atoms with Gasteiger partial charge in [0.15, 0.2) is 5.78 Å². The third-order valence-electron chi connectivity index (χ3n) is 19.9. The van der Waals surface area contributed by atoms with Gasteiger partial charge in [-0.15, -0.1) is 0 Å². The molecule has 0 amide bonds. The second kappa shape index (κ2) is 25.9. The fourth-order valence-electron chi connectivity index (χ4n) is 14.6. The fourth-order valence-corrected chi connectivity index (χ4v) is 14.6. The van der Waals surface area contributed by atoms with Crippen molar-refractivity contribution in [2.75, 3.05) is 13.2 Å². The molecular formula is C90H86O9. The van der Waals surface area contributed by atoms with E-state index in [0.29, 0.717) is 77.9 Å². The van der Waals surface area contributed by atoms with E-state index in [4.69, 9.17) is 18.9 Å². The second-order valence-electron chi connectivity index (χ2n) is 30.9. The third-order valence-corrected chi connectivity index (χ3v) is 19.9. The van der Waals surface area contributed by atoms with Crippen LogP contribution in [0, 0.1) is 0 Å². The predicted molar refractivity (Wildman–Crippen MR) is 399 cm³/mol. The van der Waals surface area contributed by atoms with Gasteiger partial charge in [0.1, 0.15) is 12.4 Å². The quantitative estimate of drug-likeness (QED) is 0.0311. The Morgan fingerprint density at radius 2 is 0.677 bits per heavy atom. The zero-order valence-electron chi connectivity index (χ0n) is 59.4. The summed E-state index contributed by atoms with van der Waals surface area (Å²) in [5, 5.41) is 9.98. The van der Waals surface area contributed by atoms with E-state index in [0.717, 1.165) is 81.7 Å². The first-order chi connectivity index (χ1) is 47.1. The van der Waals surface area contributed by atoms with Gasteiger partial charge in [-0.25, -0.2) is 19.2 Å². The maximum atomic E-state index is 16.4. The average molecular weight is 1310 g/mol. The highest BCUT2D eigenvalue weighted by Crippen LogP contribution is 2.42. The van der Waals surface area contributed by atoms with E-state index in [2.05, 4.69) is 186 Å². The largest absolute Gasteiger partial charge is 0.462 e. The van der Waals surface area contributed by atoms with Crippen molar-refractivity contribution in [3.05, 3.63) is 288 Å². The number of ether oxygens (including phenoxy) is 4. The summed E-state index contributed by atoms with van der Waals surface area (Å²) in [5.74, 6) is -2.17. The van der Waals surface area contributed by atoms with Gasteiger partial charge in [0.2, 0.25) is 0 Å². The normalized spacial score (nSPS) is 12.9. The van der Waals surface area contributed by atoms with Gasteiger partial charge in [0, 0.05) is 11.1 Å². The molecule has 0 aromatic heterocycles. The maximum Gasteiger partial charge on any atom is 0.344 e. The zero-order chi connectivity index (χ0) is 70.2. The summed E-state index contributed by atoms with van der Waals surface area (Å²) in [6.07, 6.45) is 0.431. The lowest BCUT2D eigenvalue weighted by Gasteiger charge is -2.29. The zero-order valence-corrected chi connectivity index (χ0v) is 59.4. The Morgan fingerprint density at radius 1 is 0.323 bits per heavy atom. The van der Waals surface area contributed by atoms with Crippen LogP contribution in [0.4, 0.5) is 0 Å². The van der Waals surface area contributed by atoms with E-state index in [1.54, 1.807) is 38.1 Å². The number of esters is 4. The molecular weight excluding hydrogens is 1220 g/mol. The van der Waals surface area contributed by atoms with Crippen molar-refractivity contribution >= 4 is 83.5 Å². The molecule has 0 aliphatic heterocycles. The topological polar surface area (TPSA) is 122 Å². The van der Waals surface area contributed by atoms with Crippen LogP contribution >= 0.6 is 0 Å². The lowest BCUT2D eigenvalue weighted by molar-refractivity contribution is 0.0470. The van der Waals surface area contributed by atoms with Gasteiger partial charge < -0.3 is 18.9 Å². The highest BCUT2D eigenvalue weighted by molar-refractivity contribution is 6.24. The Balaban J connectivity index is 1.03. The standard InChI is InChI=1S/C90H86O9/c1-15-96-83(92)77-61-39-59-43-67(87(3,4)5)44-60(76(59)82(91)55-32-35-71(36-33-55)99-86(95)81-72-26-19-17-22-56(72)38-57-23-18-20-27-73(57)81)40-62-46-69(89(9,10)11)48-64(78(62)84(93)97-16-2)42-66-50-70(90(12,13)14)49-65(41-63(77)47-68(45-61)88(6,7)8)79(66)85(94)98-51-58-31-30-54-29-28-52-24-21-25-53-34-37-74(58)80(54)75(52)53/h17-38,43-50H,15-16,39-42,51H2,1-14H3. The first-order valence-electron chi connectivity index (χ1n) is 34.7. The number of fused-ring (bicyclic) bond motifs is 10. The van der Waals surface area contributed by atoms with Crippen molar-refractivity contribution in [2.45, 2.75) is 151 Å². The Morgan fingerprint density at radius 3 is 1.08 bits per heavy atom. The maximum absolute atomic E-state index is 16.4. The van der Waals surface area contributed by atoms with Gasteiger partial charge in [0.05, 0.1) is 35.5 Å². The molecule has 500 valence electrons. The molecule has 8 bridgehead atoms. The van der Waals surface area contributed by atoms with Crippen LogP contribution in [-0.2, 0) is 68.2 Å². The predicted octanol–water partition coefficient (Wildman–Crippen LogP) is 20.9. The minimum atomic E-state index is -0.542. The van der Waals surface area contributed by atoms with E-state index >= 15 is 19.2 Å². The Hall–Kier alpha value is -10.3. The number of ketones is 1. The number of hydrogen-bond acceptors (Lipinski definition) is 9. The molecule has 0 heterocycles. The van der Waals surface area contributed by atoms with Crippen molar-refractivity contribution in [1.29, 1.82) is 0 Å². The lowest BCUT2D eigenvalue weighted by atomic mass is 9.76. The first-order valence-corrected chi connectivity index (χ1v) is 34.7. The van der Waals surface area contributed by atoms with Crippen LogP contribution in [0.1, 0.15) is 227 Å². The molecule has 1 aliphatic carbocycles. The molecule has 0 unspecified atom stereocenters. The molecule has 12 aromatic carbocycles. The van der Waals surface area contributed by atoms with Gasteiger partial charge >= 0.3 is 23.9 Å². The summed E-state index contributed by atoms with van der Waals surface area (Å²) < 4.78 is 25.2. The highest BCUT2D eigenvalue weighted by Gasteiger charge is 2.34. The molecule has 0 saturated carbocycles. The smallest absolute Gasteiger partial charge is 0.344 e. The molecule has 9 nitrogen and oxygen atoms in total.